The predicted molar refractivity (Wildman–Crippen MR) is 79.5 cm³/mol. The van der Waals surface area contributed by atoms with Gasteiger partial charge in [-0.05, 0) is 17.9 Å². The third-order valence-corrected chi connectivity index (χ3v) is 2.94. The van der Waals surface area contributed by atoms with E-state index >= 15 is 0 Å². The second kappa shape index (κ2) is 9.37. The van der Waals surface area contributed by atoms with Gasteiger partial charge in [-0.3, -0.25) is 0 Å². The second-order valence-corrected chi connectivity index (χ2v) is 5.05. The molecule has 1 aromatic rings. The van der Waals surface area contributed by atoms with Crippen LogP contribution in [0.2, 0.25) is 0 Å². The smallest absolute Gasteiger partial charge is 0.410 e. The van der Waals surface area contributed by atoms with Gasteiger partial charge in [0.05, 0.1) is 6.61 Å². The van der Waals surface area contributed by atoms with E-state index in [0.717, 1.165) is 12.0 Å². The molecule has 0 saturated heterocycles. The summed E-state index contributed by atoms with van der Waals surface area (Å²) in [6.07, 6.45) is 0.666. The molecule has 4 nitrogen and oxygen atoms in total. The van der Waals surface area contributed by atoms with Gasteiger partial charge in [0.2, 0.25) is 0 Å². The van der Waals surface area contributed by atoms with E-state index in [4.69, 9.17) is 9.47 Å². The fourth-order valence-electron chi connectivity index (χ4n) is 2.05. The van der Waals surface area contributed by atoms with Gasteiger partial charge in [0.15, 0.2) is 0 Å². The van der Waals surface area contributed by atoms with E-state index in [0.29, 0.717) is 32.2 Å². The highest BCUT2D eigenvalue weighted by Gasteiger charge is 2.17. The largest absolute Gasteiger partial charge is 0.445 e. The first-order chi connectivity index (χ1) is 9.67. The summed E-state index contributed by atoms with van der Waals surface area (Å²) in [5.74, 6) is 0.302. The van der Waals surface area contributed by atoms with Crippen molar-refractivity contribution in [2.24, 2.45) is 5.92 Å². The maximum atomic E-state index is 12.1. The van der Waals surface area contributed by atoms with Crippen molar-refractivity contribution >= 4 is 6.09 Å². The highest BCUT2D eigenvalue weighted by molar-refractivity contribution is 5.67. The molecule has 0 saturated carbocycles. The number of amides is 1. The zero-order chi connectivity index (χ0) is 14.8. The molecule has 0 aliphatic heterocycles. The average molecular weight is 279 g/mol. The Morgan fingerprint density at radius 3 is 2.60 bits per heavy atom. The molecule has 20 heavy (non-hydrogen) atoms. The van der Waals surface area contributed by atoms with Crippen molar-refractivity contribution in [3.8, 4) is 0 Å². The Morgan fingerprint density at radius 2 is 2.00 bits per heavy atom. The molecule has 1 rings (SSSR count). The van der Waals surface area contributed by atoms with Crippen molar-refractivity contribution in [2.75, 3.05) is 26.8 Å². The molecule has 0 bridgehead atoms. The molecule has 0 N–H and O–H groups in total. The number of nitrogens with zero attached hydrogens (tertiary/aromatic N) is 1. The predicted octanol–water partition coefficient (Wildman–Crippen LogP) is 3.32. The van der Waals surface area contributed by atoms with Crippen molar-refractivity contribution in [3.63, 3.8) is 0 Å². The summed E-state index contributed by atoms with van der Waals surface area (Å²) in [5.41, 5.74) is 1.00. The van der Waals surface area contributed by atoms with E-state index in [1.807, 2.05) is 30.3 Å². The first-order valence-electron chi connectivity index (χ1n) is 7.12. The van der Waals surface area contributed by atoms with Crippen LogP contribution in [0.15, 0.2) is 30.3 Å². The summed E-state index contributed by atoms with van der Waals surface area (Å²) in [6.45, 7) is 6.46. The van der Waals surface area contributed by atoms with Crippen LogP contribution in [0.5, 0.6) is 0 Å². The van der Waals surface area contributed by atoms with Crippen molar-refractivity contribution in [3.05, 3.63) is 35.9 Å². The Bertz CT molecular complexity index is 381. The molecule has 0 aromatic heterocycles. The Hall–Kier alpha value is -1.55. The lowest BCUT2D eigenvalue weighted by molar-refractivity contribution is 0.0802. The van der Waals surface area contributed by atoms with E-state index in [2.05, 4.69) is 13.8 Å². The number of rotatable bonds is 8. The number of benzene rings is 1. The SMILES string of the molecule is CCCN(C[C@H](C)COC)C(=O)OCc1ccccc1. The van der Waals surface area contributed by atoms with Crippen molar-refractivity contribution in [1.82, 2.24) is 4.90 Å². The van der Waals surface area contributed by atoms with E-state index in [1.54, 1.807) is 12.0 Å². The molecule has 0 aliphatic carbocycles. The van der Waals surface area contributed by atoms with Crippen LogP contribution >= 0.6 is 0 Å². The Balaban J connectivity index is 2.47. The maximum Gasteiger partial charge on any atom is 0.410 e. The van der Waals surface area contributed by atoms with Crippen LogP contribution in [0.1, 0.15) is 25.8 Å². The standard InChI is InChI=1S/C16H25NO3/c1-4-10-17(11-14(2)12-19-3)16(18)20-13-15-8-6-5-7-9-15/h5-9,14H,4,10-13H2,1-3H3/t14-/m0/s1. The normalized spacial score (nSPS) is 11.9. The quantitative estimate of drug-likeness (QED) is 0.732. The molecule has 0 radical (unpaired) electrons. The highest BCUT2D eigenvalue weighted by Crippen LogP contribution is 2.07. The van der Waals surface area contributed by atoms with Gasteiger partial charge in [0, 0.05) is 20.2 Å². The van der Waals surface area contributed by atoms with E-state index in [9.17, 15) is 4.79 Å². The van der Waals surface area contributed by atoms with Crippen LogP contribution in [-0.2, 0) is 16.1 Å². The summed E-state index contributed by atoms with van der Waals surface area (Å²) in [5, 5.41) is 0. The van der Waals surface area contributed by atoms with Crippen LogP contribution in [-0.4, -0.2) is 37.8 Å². The molecule has 112 valence electrons. The molecule has 1 aromatic carbocycles. The fourth-order valence-corrected chi connectivity index (χ4v) is 2.05. The zero-order valence-corrected chi connectivity index (χ0v) is 12.7. The van der Waals surface area contributed by atoms with Crippen LogP contribution in [0, 0.1) is 5.92 Å². The van der Waals surface area contributed by atoms with E-state index in [-0.39, 0.29) is 6.09 Å². The molecule has 0 spiro atoms. The van der Waals surface area contributed by atoms with E-state index in [1.165, 1.54) is 0 Å². The lowest BCUT2D eigenvalue weighted by Gasteiger charge is -2.24. The number of hydrogen-bond donors (Lipinski definition) is 0. The van der Waals surface area contributed by atoms with Gasteiger partial charge in [-0.15, -0.1) is 0 Å². The number of hydrogen-bond acceptors (Lipinski definition) is 3. The van der Waals surface area contributed by atoms with Crippen LogP contribution in [0.25, 0.3) is 0 Å². The van der Waals surface area contributed by atoms with Gasteiger partial charge in [0.1, 0.15) is 6.61 Å². The maximum absolute atomic E-state index is 12.1. The Labute approximate surface area is 121 Å². The molecular formula is C16H25NO3. The summed E-state index contributed by atoms with van der Waals surface area (Å²) in [6, 6.07) is 9.72. The minimum absolute atomic E-state index is 0.251. The highest BCUT2D eigenvalue weighted by atomic mass is 16.6. The molecule has 0 unspecified atom stereocenters. The first kappa shape index (κ1) is 16.5. The third kappa shape index (κ3) is 6.06. The lowest BCUT2D eigenvalue weighted by Crippen LogP contribution is -2.36. The molecule has 4 heteroatoms. The van der Waals surface area contributed by atoms with Crippen molar-refractivity contribution in [2.45, 2.75) is 26.9 Å². The molecule has 1 amide bonds. The minimum atomic E-state index is -0.251. The van der Waals surface area contributed by atoms with Gasteiger partial charge >= 0.3 is 6.09 Å². The van der Waals surface area contributed by atoms with Crippen molar-refractivity contribution < 1.29 is 14.3 Å². The molecule has 0 heterocycles. The fraction of sp³-hybridized carbons (Fsp3) is 0.562. The van der Waals surface area contributed by atoms with Crippen LogP contribution < -0.4 is 0 Å². The summed E-state index contributed by atoms with van der Waals surface area (Å²) in [4.78, 5) is 13.9. The number of carbonyl (C=O) groups is 1. The topological polar surface area (TPSA) is 38.8 Å². The molecule has 0 aliphatic rings. The average Bonchev–Trinajstić information content (AvgIpc) is 2.45. The van der Waals surface area contributed by atoms with Gasteiger partial charge in [-0.2, -0.15) is 0 Å². The van der Waals surface area contributed by atoms with Crippen LogP contribution in [0.4, 0.5) is 4.79 Å². The van der Waals surface area contributed by atoms with Gasteiger partial charge < -0.3 is 14.4 Å². The number of ether oxygens (including phenoxy) is 2. The molecule has 1 atom stereocenters. The zero-order valence-electron chi connectivity index (χ0n) is 12.7. The van der Waals surface area contributed by atoms with Gasteiger partial charge in [-0.1, -0.05) is 44.2 Å². The summed E-state index contributed by atoms with van der Waals surface area (Å²) in [7, 11) is 1.67. The molecular weight excluding hydrogens is 254 g/mol. The molecule has 0 fully saturated rings. The summed E-state index contributed by atoms with van der Waals surface area (Å²) >= 11 is 0. The Morgan fingerprint density at radius 1 is 1.30 bits per heavy atom. The van der Waals surface area contributed by atoms with Gasteiger partial charge in [-0.25, -0.2) is 4.79 Å². The Kier molecular flexibility index (Phi) is 7.73. The first-order valence-corrected chi connectivity index (χ1v) is 7.12. The monoisotopic (exact) mass is 279 g/mol. The third-order valence-electron chi connectivity index (χ3n) is 2.94. The van der Waals surface area contributed by atoms with E-state index < -0.39 is 0 Å². The number of methoxy groups -OCH3 is 1. The van der Waals surface area contributed by atoms with Crippen molar-refractivity contribution in [1.29, 1.82) is 0 Å². The number of carbonyl (C=O) groups excluding carboxylic acids is 1. The lowest BCUT2D eigenvalue weighted by atomic mass is 10.2. The summed E-state index contributed by atoms with van der Waals surface area (Å²) < 4.78 is 10.5. The van der Waals surface area contributed by atoms with Crippen LogP contribution in [0.3, 0.4) is 0 Å². The minimum Gasteiger partial charge on any atom is -0.445 e. The second-order valence-electron chi connectivity index (χ2n) is 5.05. The van der Waals surface area contributed by atoms with Gasteiger partial charge in [0.25, 0.3) is 0 Å².